The van der Waals surface area contributed by atoms with Gasteiger partial charge in [-0.1, -0.05) is 6.58 Å². The third-order valence-corrected chi connectivity index (χ3v) is 2.79. The Balaban J connectivity index is 2.87. The van der Waals surface area contributed by atoms with Crippen LogP contribution in [0.4, 0.5) is 0 Å². The van der Waals surface area contributed by atoms with Crippen LogP contribution < -0.4 is 5.32 Å². The highest BCUT2D eigenvalue weighted by Gasteiger charge is 2.29. The lowest BCUT2D eigenvalue weighted by Crippen LogP contribution is -2.31. The van der Waals surface area contributed by atoms with E-state index in [0.29, 0.717) is 17.4 Å². The summed E-state index contributed by atoms with van der Waals surface area (Å²) in [4.78, 5) is 32.8. The fraction of sp³-hybridized carbons (Fsp3) is 0.467. The van der Waals surface area contributed by atoms with E-state index in [4.69, 9.17) is 0 Å². The van der Waals surface area contributed by atoms with Crippen LogP contribution in [0.3, 0.4) is 0 Å². The molecule has 0 unspecified atom stereocenters. The number of carbonyl (C=O) groups is 2. The molecule has 0 aromatic heterocycles. The maximum absolute atomic E-state index is 11.8. The van der Waals surface area contributed by atoms with Gasteiger partial charge in [0.2, 0.25) is 11.8 Å². The molecule has 6 nitrogen and oxygen atoms in total. The average Bonchev–Trinajstić information content (AvgIpc) is 3.18. The minimum Gasteiger partial charge on any atom is -0.322 e. The summed E-state index contributed by atoms with van der Waals surface area (Å²) in [5, 5.41) is 2.75. The largest absolute Gasteiger partial charge is 0.322 e. The van der Waals surface area contributed by atoms with Crippen molar-refractivity contribution >= 4 is 23.5 Å². The van der Waals surface area contributed by atoms with E-state index in [9.17, 15) is 9.59 Å². The summed E-state index contributed by atoms with van der Waals surface area (Å²) in [6, 6.07) is 0. The van der Waals surface area contributed by atoms with Gasteiger partial charge in [-0.15, -0.1) is 0 Å². The number of amides is 2. The standard InChI is InChI=1S/C15H22N4O2/c1-10(2)16-11(3)17-14(8-9-19(5)12(4)20)18-15(21)13-6-7-13/h8-9,13H,1,6-7H2,2-5H3,(H,16,17,18,21)/b9-8+. The maximum atomic E-state index is 11.8. The lowest BCUT2D eigenvalue weighted by molar-refractivity contribution is -0.125. The van der Waals surface area contributed by atoms with Crippen molar-refractivity contribution in [3.8, 4) is 0 Å². The van der Waals surface area contributed by atoms with Gasteiger partial charge in [0.25, 0.3) is 0 Å². The number of hydrogen-bond donors (Lipinski definition) is 1. The minimum absolute atomic E-state index is 0.0491. The molecular formula is C15H22N4O2. The van der Waals surface area contributed by atoms with E-state index >= 15 is 0 Å². The SMILES string of the molecule is C=C(C)\N=C(C)/N=C(\C=C\N(C)C(C)=O)NC(=O)C1CC1. The van der Waals surface area contributed by atoms with E-state index in [0.717, 1.165) is 12.8 Å². The van der Waals surface area contributed by atoms with Crippen molar-refractivity contribution in [1.29, 1.82) is 0 Å². The Bertz CT molecular complexity index is 528. The van der Waals surface area contributed by atoms with Gasteiger partial charge >= 0.3 is 0 Å². The van der Waals surface area contributed by atoms with Crippen molar-refractivity contribution in [2.24, 2.45) is 15.9 Å². The number of nitrogens with zero attached hydrogens (tertiary/aromatic N) is 3. The summed E-state index contributed by atoms with van der Waals surface area (Å²) in [6.45, 7) is 8.63. The van der Waals surface area contributed by atoms with Crippen LogP contribution >= 0.6 is 0 Å². The van der Waals surface area contributed by atoms with Crippen LogP contribution in [-0.2, 0) is 9.59 Å². The Labute approximate surface area is 125 Å². The van der Waals surface area contributed by atoms with Crippen molar-refractivity contribution < 1.29 is 9.59 Å². The predicted octanol–water partition coefficient (Wildman–Crippen LogP) is 1.86. The van der Waals surface area contributed by atoms with E-state index in [1.807, 2.05) is 0 Å². The number of amidine groups is 2. The number of rotatable bonds is 4. The third kappa shape index (κ3) is 6.65. The molecule has 0 aromatic carbocycles. The highest BCUT2D eigenvalue weighted by atomic mass is 16.2. The first kappa shape index (κ1) is 16.8. The molecule has 0 spiro atoms. The average molecular weight is 290 g/mol. The quantitative estimate of drug-likeness (QED) is 0.634. The molecule has 0 atom stereocenters. The van der Waals surface area contributed by atoms with Gasteiger partial charge < -0.3 is 10.2 Å². The molecule has 2 amide bonds. The van der Waals surface area contributed by atoms with Gasteiger partial charge in [0.15, 0.2) is 0 Å². The van der Waals surface area contributed by atoms with Crippen LogP contribution in [0.2, 0.25) is 0 Å². The number of hydrogen-bond acceptors (Lipinski definition) is 3. The molecule has 0 bridgehead atoms. The fourth-order valence-corrected chi connectivity index (χ4v) is 1.44. The Morgan fingerprint density at radius 3 is 2.33 bits per heavy atom. The second-order valence-corrected chi connectivity index (χ2v) is 5.10. The highest BCUT2D eigenvalue weighted by molar-refractivity contribution is 6.10. The zero-order valence-corrected chi connectivity index (χ0v) is 13.0. The van der Waals surface area contributed by atoms with E-state index in [1.54, 1.807) is 33.2 Å². The summed E-state index contributed by atoms with van der Waals surface area (Å²) in [5.41, 5.74) is 0.633. The van der Waals surface area contributed by atoms with Gasteiger partial charge in [-0.25, -0.2) is 9.98 Å². The summed E-state index contributed by atoms with van der Waals surface area (Å²) in [5.74, 6) is 0.775. The Morgan fingerprint density at radius 1 is 1.24 bits per heavy atom. The monoisotopic (exact) mass is 290 g/mol. The van der Waals surface area contributed by atoms with Gasteiger partial charge in [-0.05, 0) is 32.8 Å². The molecule has 0 radical (unpaired) electrons. The molecule has 21 heavy (non-hydrogen) atoms. The summed E-state index contributed by atoms with van der Waals surface area (Å²) < 4.78 is 0. The van der Waals surface area contributed by atoms with E-state index < -0.39 is 0 Å². The van der Waals surface area contributed by atoms with Gasteiger partial charge in [0.05, 0.1) is 0 Å². The molecule has 1 fully saturated rings. The van der Waals surface area contributed by atoms with Crippen LogP contribution in [0.5, 0.6) is 0 Å². The highest BCUT2D eigenvalue weighted by Crippen LogP contribution is 2.28. The number of allylic oxidation sites excluding steroid dienone is 1. The molecule has 0 aliphatic heterocycles. The van der Waals surface area contributed by atoms with E-state index in [-0.39, 0.29) is 17.7 Å². The molecule has 0 aromatic rings. The van der Waals surface area contributed by atoms with Gasteiger partial charge in [0.1, 0.15) is 11.7 Å². The van der Waals surface area contributed by atoms with Crippen LogP contribution in [0.15, 0.2) is 34.5 Å². The van der Waals surface area contributed by atoms with Crippen molar-refractivity contribution in [2.75, 3.05) is 7.05 Å². The number of aliphatic imine (C=N–C) groups is 2. The van der Waals surface area contributed by atoms with Crippen LogP contribution in [0.1, 0.15) is 33.6 Å². The zero-order valence-electron chi connectivity index (χ0n) is 13.0. The molecule has 0 saturated heterocycles. The molecular weight excluding hydrogens is 268 g/mol. The zero-order chi connectivity index (χ0) is 16.0. The molecule has 114 valence electrons. The van der Waals surface area contributed by atoms with Crippen LogP contribution in [0, 0.1) is 5.92 Å². The lowest BCUT2D eigenvalue weighted by atomic mass is 10.4. The molecule has 1 saturated carbocycles. The molecule has 1 rings (SSSR count). The smallest absolute Gasteiger partial charge is 0.228 e. The van der Waals surface area contributed by atoms with Crippen molar-refractivity contribution in [1.82, 2.24) is 10.2 Å². The first-order chi connectivity index (χ1) is 9.79. The van der Waals surface area contributed by atoms with Gasteiger partial charge in [-0.2, -0.15) is 0 Å². The summed E-state index contributed by atoms with van der Waals surface area (Å²) in [6.07, 6.45) is 4.96. The van der Waals surface area contributed by atoms with Crippen molar-refractivity contribution in [3.63, 3.8) is 0 Å². The first-order valence-electron chi connectivity index (χ1n) is 6.81. The summed E-state index contributed by atoms with van der Waals surface area (Å²) in [7, 11) is 1.63. The second kappa shape index (κ2) is 7.52. The maximum Gasteiger partial charge on any atom is 0.228 e. The molecule has 0 heterocycles. The van der Waals surface area contributed by atoms with E-state index in [2.05, 4.69) is 21.9 Å². The van der Waals surface area contributed by atoms with Gasteiger partial charge in [-0.3, -0.25) is 9.59 Å². The van der Waals surface area contributed by atoms with Crippen molar-refractivity contribution in [2.45, 2.75) is 33.6 Å². The van der Waals surface area contributed by atoms with Crippen LogP contribution in [0.25, 0.3) is 0 Å². The molecule has 1 aliphatic rings. The number of nitrogens with one attached hydrogen (secondary N) is 1. The molecule has 6 heteroatoms. The minimum atomic E-state index is -0.105. The predicted molar refractivity (Wildman–Crippen MR) is 83.8 cm³/mol. The Hall–Kier alpha value is -2.24. The third-order valence-electron chi connectivity index (χ3n) is 2.79. The number of carbonyl (C=O) groups excluding carboxylic acids is 2. The topological polar surface area (TPSA) is 74.1 Å². The normalized spacial score (nSPS) is 16.0. The van der Waals surface area contributed by atoms with Crippen LogP contribution in [-0.4, -0.2) is 35.4 Å². The summed E-state index contributed by atoms with van der Waals surface area (Å²) >= 11 is 0. The first-order valence-corrected chi connectivity index (χ1v) is 6.81. The lowest BCUT2D eigenvalue weighted by Gasteiger charge is -2.09. The van der Waals surface area contributed by atoms with Crippen molar-refractivity contribution in [3.05, 3.63) is 24.6 Å². The fourth-order valence-electron chi connectivity index (χ4n) is 1.44. The van der Waals surface area contributed by atoms with E-state index in [1.165, 1.54) is 11.8 Å². The Morgan fingerprint density at radius 2 is 1.86 bits per heavy atom. The Kier molecular flexibility index (Phi) is 6.02. The molecule has 1 aliphatic carbocycles. The molecule has 1 N–H and O–H groups in total. The van der Waals surface area contributed by atoms with Gasteiger partial charge in [0, 0.05) is 31.8 Å². The second-order valence-electron chi connectivity index (χ2n) is 5.10.